The van der Waals surface area contributed by atoms with Crippen LogP contribution in [0.4, 0.5) is 4.79 Å². The Morgan fingerprint density at radius 3 is 2.63 bits per heavy atom. The van der Waals surface area contributed by atoms with E-state index in [1.165, 1.54) is 5.57 Å². The van der Waals surface area contributed by atoms with E-state index in [1.807, 2.05) is 5.32 Å². The maximum atomic E-state index is 12.2. The van der Waals surface area contributed by atoms with Crippen molar-refractivity contribution in [3.63, 3.8) is 0 Å². The lowest BCUT2D eigenvalue weighted by atomic mass is 9.64. The zero-order valence-corrected chi connectivity index (χ0v) is 16.9. The summed E-state index contributed by atoms with van der Waals surface area (Å²) in [7, 11) is 1.60. The van der Waals surface area contributed by atoms with Gasteiger partial charge in [-0.1, -0.05) is 11.6 Å². The molecule has 1 saturated carbocycles. The minimum Gasteiger partial charge on any atom is -0.465 e. The largest absolute Gasteiger partial charge is 0.465 e. The van der Waals surface area contributed by atoms with Gasteiger partial charge in [0.15, 0.2) is 0 Å². The number of carbonyl (C=O) groups excluding carboxylic acids is 1. The Labute approximate surface area is 164 Å². The van der Waals surface area contributed by atoms with Crippen LogP contribution in [0.1, 0.15) is 40.0 Å². The highest BCUT2D eigenvalue weighted by atomic mass is 35.5. The summed E-state index contributed by atoms with van der Waals surface area (Å²) in [6.45, 7) is 6.82. The third kappa shape index (κ3) is 3.88. The van der Waals surface area contributed by atoms with Gasteiger partial charge in [-0.3, -0.25) is 10.1 Å². The highest BCUT2D eigenvalue weighted by molar-refractivity contribution is 6.31. The van der Waals surface area contributed by atoms with Crippen LogP contribution in [-0.2, 0) is 19.0 Å². The fraction of sp³-hybridized carbons (Fsp3) is 0.789. The van der Waals surface area contributed by atoms with Crippen molar-refractivity contribution in [2.24, 2.45) is 11.8 Å². The molecule has 7 unspecified atom stereocenters. The molecule has 1 aliphatic carbocycles. The molecule has 0 aromatic heterocycles. The number of halogens is 1. The van der Waals surface area contributed by atoms with Gasteiger partial charge in [0.2, 0.25) is 5.91 Å². The van der Waals surface area contributed by atoms with E-state index >= 15 is 0 Å². The van der Waals surface area contributed by atoms with E-state index < -0.39 is 23.0 Å². The third-order valence-electron chi connectivity index (χ3n) is 6.20. The summed E-state index contributed by atoms with van der Waals surface area (Å²) < 4.78 is 17.8. The average Bonchev–Trinajstić information content (AvgIpc) is 3.49. The topological polar surface area (TPSA) is 101 Å². The summed E-state index contributed by atoms with van der Waals surface area (Å²) in [5.41, 5.74) is 0.522. The summed E-state index contributed by atoms with van der Waals surface area (Å²) in [5.74, 6) is -1.10. The van der Waals surface area contributed by atoms with Crippen molar-refractivity contribution < 1.29 is 28.9 Å². The van der Waals surface area contributed by atoms with E-state index in [1.54, 1.807) is 7.11 Å². The van der Waals surface area contributed by atoms with E-state index in [2.05, 4.69) is 26.8 Å². The van der Waals surface area contributed by atoms with Gasteiger partial charge in [-0.05, 0) is 40.0 Å². The third-order valence-corrected chi connectivity index (χ3v) is 6.72. The molecule has 2 N–H and O–H groups in total. The molecule has 2 aliphatic heterocycles. The smallest absolute Gasteiger partial charge is 0.411 e. The predicted molar refractivity (Wildman–Crippen MR) is 98.8 cm³/mol. The Kier molecular flexibility index (Phi) is 5.60. The summed E-state index contributed by atoms with van der Waals surface area (Å²) in [6.07, 6.45) is 2.65. The van der Waals surface area contributed by atoms with Gasteiger partial charge in [0.25, 0.3) is 0 Å². The number of amides is 2. The number of imide groups is 1. The minimum absolute atomic E-state index is 0.0662. The molecule has 3 aliphatic rings. The number of ether oxygens (including phenoxy) is 3. The van der Waals surface area contributed by atoms with Crippen LogP contribution in [0.15, 0.2) is 11.6 Å². The molecule has 1 spiro atoms. The van der Waals surface area contributed by atoms with Crippen LogP contribution >= 0.6 is 11.6 Å². The lowest BCUT2D eigenvalue weighted by Gasteiger charge is -2.44. The van der Waals surface area contributed by atoms with Gasteiger partial charge >= 0.3 is 6.09 Å². The van der Waals surface area contributed by atoms with Gasteiger partial charge in [-0.2, -0.15) is 0 Å². The first kappa shape index (κ1) is 20.6. The maximum absolute atomic E-state index is 12.2. The maximum Gasteiger partial charge on any atom is 0.411 e. The van der Waals surface area contributed by atoms with Crippen molar-refractivity contribution in [1.29, 1.82) is 0 Å². The molecule has 0 bridgehead atoms. The Bertz CT molecular complexity index is 644. The number of nitrogens with one attached hydrogen (secondary N) is 1. The number of hydrogen-bond donors (Lipinski definition) is 2. The second-order valence-corrected chi connectivity index (χ2v) is 8.71. The molecule has 2 amide bonds. The first-order chi connectivity index (χ1) is 12.6. The molecule has 7 nitrogen and oxygen atoms in total. The van der Waals surface area contributed by atoms with Gasteiger partial charge < -0.3 is 19.3 Å². The number of carboxylic acid groups (broad SMARTS) is 1. The second-order valence-electron chi connectivity index (χ2n) is 8.24. The SMILES string of the molecule is COC1C(C(Cl)C(=O)NC(=O)O)CCC2(CO2)C1C1(C)OC1CC=C(C)C. The van der Waals surface area contributed by atoms with Crippen molar-refractivity contribution in [2.45, 2.75) is 68.8 Å². The number of alkyl halides is 1. The Balaban J connectivity index is 1.80. The van der Waals surface area contributed by atoms with E-state index in [0.29, 0.717) is 13.0 Å². The standard InChI is InChI=1S/C19H28ClNO6/c1-10(2)5-6-12-18(3,27-12)15-14(25-4)11(7-8-19(15)9-26-19)13(20)16(22)21-17(23)24/h5,11-15H,6-9H2,1-4H3,(H,21,22)(H,23,24). The molecule has 3 rings (SSSR count). The van der Waals surface area contributed by atoms with E-state index in [4.69, 9.17) is 30.9 Å². The molecule has 3 fully saturated rings. The fourth-order valence-corrected chi connectivity index (χ4v) is 5.03. The Morgan fingerprint density at radius 2 is 2.11 bits per heavy atom. The van der Waals surface area contributed by atoms with E-state index in [-0.39, 0.29) is 29.6 Å². The average molecular weight is 402 g/mol. The van der Waals surface area contributed by atoms with Gasteiger partial charge in [0.1, 0.15) is 11.0 Å². The zero-order valence-electron chi connectivity index (χ0n) is 16.2. The molecular formula is C19H28ClNO6. The Morgan fingerprint density at radius 1 is 1.44 bits per heavy atom. The predicted octanol–water partition coefficient (Wildman–Crippen LogP) is 2.71. The Hall–Kier alpha value is -1.15. The number of hydrogen-bond acceptors (Lipinski definition) is 5. The number of carbonyl (C=O) groups is 2. The van der Waals surface area contributed by atoms with Crippen molar-refractivity contribution in [3.8, 4) is 0 Å². The number of methoxy groups -OCH3 is 1. The molecular weight excluding hydrogens is 374 g/mol. The normalized spacial score (nSPS) is 40.9. The highest BCUT2D eigenvalue weighted by Crippen LogP contribution is 2.60. The van der Waals surface area contributed by atoms with Crippen LogP contribution in [-0.4, -0.2) is 59.6 Å². The summed E-state index contributed by atoms with van der Waals surface area (Å²) in [4.78, 5) is 23.0. The van der Waals surface area contributed by atoms with Crippen LogP contribution in [0.3, 0.4) is 0 Å². The van der Waals surface area contributed by atoms with Crippen LogP contribution < -0.4 is 5.32 Å². The zero-order chi connectivity index (χ0) is 20.0. The summed E-state index contributed by atoms with van der Waals surface area (Å²) in [6, 6.07) is 0. The molecule has 2 saturated heterocycles. The van der Waals surface area contributed by atoms with Crippen LogP contribution in [0.5, 0.6) is 0 Å². The van der Waals surface area contributed by atoms with Crippen LogP contribution in [0, 0.1) is 11.8 Å². The highest BCUT2D eigenvalue weighted by Gasteiger charge is 2.72. The van der Waals surface area contributed by atoms with Crippen molar-refractivity contribution in [1.82, 2.24) is 5.32 Å². The molecule has 0 aromatic rings. The second kappa shape index (κ2) is 7.35. The van der Waals surface area contributed by atoms with Gasteiger partial charge in [-0.25, -0.2) is 4.79 Å². The number of epoxide rings is 2. The van der Waals surface area contributed by atoms with Crippen molar-refractivity contribution >= 4 is 23.6 Å². The monoisotopic (exact) mass is 401 g/mol. The first-order valence-electron chi connectivity index (χ1n) is 9.30. The fourth-order valence-electron chi connectivity index (χ4n) is 4.71. The lowest BCUT2D eigenvalue weighted by molar-refractivity contribution is -0.126. The van der Waals surface area contributed by atoms with Crippen molar-refractivity contribution in [2.75, 3.05) is 13.7 Å². The summed E-state index contributed by atoms with van der Waals surface area (Å²) >= 11 is 6.37. The molecule has 8 heteroatoms. The first-order valence-corrected chi connectivity index (χ1v) is 9.74. The molecule has 7 atom stereocenters. The minimum atomic E-state index is -1.41. The van der Waals surface area contributed by atoms with Crippen molar-refractivity contribution in [3.05, 3.63) is 11.6 Å². The molecule has 27 heavy (non-hydrogen) atoms. The summed E-state index contributed by atoms with van der Waals surface area (Å²) in [5, 5.41) is 9.66. The van der Waals surface area contributed by atoms with E-state index in [0.717, 1.165) is 12.8 Å². The van der Waals surface area contributed by atoms with E-state index in [9.17, 15) is 9.59 Å². The van der Waals surface area contributed by atoms with Gasteiger partial charge in [0, 0.05) is 18.9 Å². The molecule has 152 valence electrons. The number of rotatable bonds is 6. The van der Waals surface area contributed by atoms with Gasteiger partial charge in [-0.15, -0.1) is 11.6 Å². The quantitative estimate of drug-likeness (QED) is 0.403. The van der Waals surface area contributed by atoms with Crippen LogP contribution in [0.2, 0.25) is 0 Å². The number of allylic oxidation sites excluding steroid dienone is 1. The van der Waals surface area contributed by atoms with Gasteiger partial charge in [0.05, 0.1) is 24.4 Å². The lowest BCUT2D eigenvalue weighted by Crippen LogP contribution is -2.56. The molecule has 0 aromatic carbocycles. The molecule has 0 radical (unpaired) electrons. The van der Waals surface area contributed by atoms with Crippen LogP contribution in [0.25, 0.3) is 0 Å². The molecule has 2 heterocycles.